The summed E-state index contributed by atoms with van der Waals surface area (Å²) in [5.74, 6) is -1.35. The predicted octanol–water partition coefficient (Wildman–Crippen LogP) is 1.25. The second-order valence-corrected chi connectivity index (χ2v) is 8.41. The van der Waals surface area contributed by atoms with Gasteiger partial charge >= 0.3 is 5.97 Å². The molecule has 0 spiro atoms. The first kappa shape index (κ1) is 21.3. The van der Waals surface area contributed by atoms with E-state index in [0.29, 0.717) is 31.6 Å². The highest BCUT2D eigenvalue weighted by Gasteiger charge is 2.29. The number of sulfonamides is 1. The zero-order valence-electron chi connectivity index (χ0n) is 15.6. The number of morpholine rings is 1. The number of benzene rings is 1. The Morgan fingerprint density at radius 3 is 2.56 bits per heavy atom. The number of aliphatic carboxylic acids is 1. The van der Waals surface area contributed by atoms with Gasteiger partial charge in [-0.15, -0.1) is 0 Å². The minimum absolute atomic E-state index is 0.0487. The molecule has 0 aromatic heterocycles. The number of carbonyl (C=O) groups is 2. The van der Waals surface area contributed by atoms with Crippen LogP contribution in [0.5, 0.6) is 0 Å². The van der Waals surface area contributed by atoms with Crippen molar-refractivity contribution < 1.29 is 27.9 Å². The number of hydrogen-bond donors (Lipinski definition) is 2. The van der Waals surface area contributed by atoms with Gasteiger partial charge in [0.15, 0.2) is 0 Å². The molecule has 0 saturated carbocycles. The molecule has 1 aromatic carbocycles. The summed E-state index contributed by atoms with van der Waals surface area (Å²) in [5, 5.41) is 11.4. The minimum atomic E-state index is -3.72. The molecule has 1 atom stereocenters. The van der Waals surface area contributed by atoms with Gasteiger partial charge < -0.3 is 15.2 Å². The molecule has 2 rings (SSSR count). The Morgan fingerprint density at radius 2 is 1.96 bits per heavy atom. The topological polar surface area (TPSA) is 113 Å². The molecular formula is C18H26N2O6S. The van der Waals surface area contributed by atoms with Crippen LogP contribution in [0.2, 0.25) is 0 Å². The summed E-state index contributed by atoms with van der Waals surface area (Å²) in [6, 6.07) is 4.32. The molecule has 0 radical (unpaired) electrons. The van der Waals surface area contributed by atoms with E-state index in [4.69, 9.17) is 9.84 Å². The van der Waals surface area contributed by atoms with Crippen LogP contribution in [0.4, 0.5) is 0 Å². The van der Waals surface area contributed by atoms with E-state index in [9.17, 15) is 18.0 Å². The average Bonchev–Trinajstić information content (AvgIpc) is 2.66. The standard InChI is InChI=1S/C18H26N2O6S/c1-3-14-5-6-15(18(23)19-13(2)4-7-17(21)22)12-16(14)27(24,25)20-8-10-26-11-9-20/h5-6,12-13H,3-4,7-11H2,1-2H3,(H,19,23)(H,21,22). The van der Waals surface area contributed by atoms with E-state index in [1.807, 2.05) is 6.92 Å². The minimum Gasteiger partial charge on any atom is -0.481 e. The third kappa shape index (κ3) is 5.50. The van der Waals surface area contributed by atoms with Gasteiger partial charge in [-0.05, 0) is 37.5 Å². The van der Waals surface area contributed by atoms with Crippen LogP contribution in [-0.4, -0.2) is 62.1 Å². The third-order valence-electron chi connectivity index (χ3n) is 4.47. The first-order chi connectivity index (χ1) is 12.8. The van der Waals surface area contributed by atoms with E-state index in [2.05, 4.69) is 5.32 Å². The molecule has 1 heterocycles. The zero-order chi connectivity index (χ0) is 20.0. The maximum Gasteiger partial charge on any atom is 0.303 e. The number of nitrogens with one attached hydrogen (secondary N) is 1. The van der Waals surface area contributed by atoms with Crippen LogP contribution in [-0.2, 0) is 26.0 Å². The Bertz CT molecular complexity index is 787. The van der Waals surface area contributed by atoms with Crippen LogP contribution in [0.1, 0.15) is 42.6 Å². The summed E-state index contributed by atoms with van der Waals surface area (Å²) in [6.45, 7) is 4.85. The molecule has 1 saturated heterocycles. The van der Waals surface area contributed by atoms with Crippen molar-refractivity contribution in [1.29, 1.82) is 0 Å². The fourth-order valence-electron chi connectivity index (χ4n) is 2.87. The first-order valence-corrected chi connectivity index (χ1v) is 10.4. The number of carboxylic acids is 1. The first-order valence-electron chi connectivity index (χ1n) is 8.99. The maximum atomic E-state index is 13.0. The third-order valence-corrected chi connectivity index (χ3v) is 6.45. The Labute approximate surface area is 159 Å². The summed E-state index contributed by atoms with van der Waals surface area (Å²) in [5.41, 5.74) is 0.887. The van der Waals surface area contributed by atoms with E-state index < -0.39 is 21.9 Å². The van der Waals surface area contributed by atoms with Crippen molar-refractivity contribution in [2.24, 2.45) is 0 Å². The Balaban J connectivity index is 2.23. The van der Waals surface area contributed by atoms with Crippen LogP contribution in [0.25, 0.3) is 0 Å². The Kier molecular flexibility index (Phi) is 7.34. The SMILES string of the molecule is CCc1ccc(C(=O)NC(C)CCC(=O)O)cc1S(=O)(=O)N1CCOCC1. The fourth-order valence-corrected chi connectivity index (χ4v) is 4.60. The molecule has 9 heteroatoms. The summed E-state index contributed by atoms with van der Waals surface area (Å²) >= 11 is 0. The Morgan fingerprint density at radius 1 is 1.30 bits per heavy atom. The number of nitrogens with zero attached hydrogens (tertiary/aromatic N) is 1. The molecule has 8 nitrogen and oxygen atoms in total. The normalized spacial score (nSPS) is 16.7. The van der Waals surface area contributed by atoms with Crippen LogP contribution in [0.3, 0.4) is 0 Å². The van der Waals surface area contributed by atoms with Crippen molar-refractivity contribution in [3.63, 3.8) is 0 Å². The molecule has 1 fully saturated rings. The smallest absolute Gasteiger partial charge is 0.303 e. The molecule has 27 heavy (non-hydrogen) atoms. The molecule has 0 aliphatic carbocycles. The highest BCUT2D eigenvalue weighted by atomic mass is 32.2. The summed E-state index contributed by atoms with van der Waals surface area (Å²) in [6.07, 6.45) is 0.774. The number of amides is 1. The van der Waals surface area contributed by atoms with Crippen molar-refractivity contribution in [2.75, 3.05) is 26.3 Å². The number of carboxylic acid groups (broad SMARTS) is 1. The van der Waals surface area contributed by atoms with Crippen molar-refractivity contribution in [3.8, 4) is 0 Å². The molecule has 1 unspecified atom stereocenters. The molecule has 0 bridgehead atoms. The lowest BCUT2D eigenvalue weighted by Crippen LogP contribution is -2.41. The lowest BCUT2D eigenvalue weighted by Gasteiger charge is -2.27. The quantitative estimate of drug-likeness (QED) is 0.681. The van der Waals surface area contributed by atoms with Gasteiger partial charge in [0.05, 0.1) is 18.1 Å². The number of ether oxygens (including phenoxy) is 1. The van der Waals surface area contributed by atoms with Gasteiger partial charge in [-0.3, -0.25) is 9.59 Å². The van der Waals surface area contributed by atoms with Gasteiger partial charge in [0, 0.05) is 31.1 Å². The van der Waals surface area contributed by atoms with E-state index in [0.717, 1.165) is 0 Å². The van der Waals surface area contributed by atoms with E-state index in [1.54, 1.807) is 19.1 Å². The number of rotatable bonds is 8. The highest BCUT2D eigenvalue weighted by Crippen LogP contribution is 2.23. The molecule has 150 valence electrons. The van der Waals surface area contributed by atoms with E-state index in [1.165, 1.54) is 10.4 Å². The molecule has 1 aliphatic heterocycles. The van der Waals surface area contributed by atoms with Crippen LogP contribution in [0, 0.1) is 0 Å². The summed E-state index contributed by atoms with van der Waals surface area (Å²) in [7, 11) is -3.72. The second kappa shape index (κ2) is 9.29. The maximum absolute atomic E-state index is 13.0. The van der Waals surface area contributed by atoms with Crippen molar-refractivity contribution >= 4 is 21.9 Å². The zero-order valence-corrected chi connectivity index (χ0v) is 16.4. The largest absolute Gasteiger partial charge is 0.481 e. The number of aryl methyl sites for hydroxylation is 1. The lowest BCUT2D eigenvalue weighted by atomic mass is 10.1. The van der Waals surface area contributed by atoms with Crippen molar-refractivity contribution in [1.82, 2.24) is 9.62 Å². The second-order valence-electron chi connectivity index (χ2n) is 6.50. The molecule has 1 aliphatic rings. The van der Waals surface area contributed by atoms with Gasteiger partial charge in [-0.25, -0.2) is 8.42 Å². The number of carbonyl (C=O) groups excluding carboxylic acids is 1. The number of hydrogen-bond acceptors (Lipinski definition) is 5. The van der Waals surface area contributed by atoms with Gasteiger partial charge in [0.1, 0.15) is 0 Å². The van der Waals surface area contributed by atoms with E-state index >= 15 is 0 Å². The van der Waals surface area contributed by atoms with Gasteiger partial charge in [-0.2, -0.15) is 4.31 Å². The van der Waals surface area contributed by atoms with Crippen LogP contribution < -0.4 is 5.32 Å². The molecule has 1 amide bonds. The highest BCUT2D eigenvalue weighted by molar-refractivity contribution is 7.89. The average molecular weight is 398 g/mol. The van der Waals surface area contributed by atoms with Crippen LogP contribution >= 0.6 is 0 Å². The fraction of sp³-hybridized carbons (Fsp3) is 0.556. The molecular weight excluding hydrogens is 372 g/mol. The van der Waals surface area contributed by atoms with Crippen molar-refractivity contribution in [2.45, 2.75) is 44.0 Å². The Hall–Kier alpha value is -1.97. The van der Waals surface area contributed by atoms with Gasteiger partial charge in [0.2, 0.25) is 10.0 Å². The molecule has 2 N–H and O–H groups in total. The van der Waals surface area contributed by atoms with Gasteiger partial charge in [-0.1, -0.05) is 13.0 Å². The van der Waals surface area contributed by atoms with Gasteiger partial charge in [0.25, 0.3) is 5.91 Å². The van der Waals surface area contributed by atoms with Crippen molar-refractivity contribution in [3.05, 3.63) is 29.3 Å². The summed E-state index contributed by atoms with van der Waals surface area (Å²) in [4.78, 5) is 23.2. The predicted molar refractivity (Wildman–Crippen MR) is 99.2 cm³/mol. The van der Waals surface area contributed by atoms with Crippen LogP contribution in [0.15, 0.2) is 23.1 Å². The monoisotopic (exact) mass is 398 g/mol. The lowest BCUT2D eigenvalue weighted by molar-refractivity contribution is -0.137. The molecule has 1 aromatic rings. The summed E-state index contributed by atoms with van der Waals surface area (Å²) < 4.78 is 32.6. The van der Waals surface area contributed by atoms with E-state index in [-0.39, 0.29) is 36.0 Å².